The van der Waals surface area contributed by atoms with Crippen molar-refractivity contribution in [2.75, 3.05) is 33.2 Å². The molecule has 0 unspecified atom stereocenters. The number of carbonyl (C=O) groups excluding carboxylic acids is 1. The molecule has 26 heavy (non-hydrogen) atoms. The van der Waals surface area contributed by atoms with Crippen LogP contribution in [0.3, 0.4) is 0 Å². The Hall–Kier alpha value is -0.820. The fourth-order valence-electron chi connectivity index (χ4n) is 4.19. The highest BCUT2D eigenvalue weighted by atomic mass is 35.5. The maximum atomic E-state index is 13.5. The molecular formula is C18H33Cl2N5O. The summed E-state index contributed by atoms with van der Waals surface area (Å²) < 4.78 is 1.90. The second kappa shape index (κ2) is 9.93. The SMILES string of the molecule is CC(C)N1CCC(N(C)C(=O)C2(n3cccn3)CCNCC2)CC1.Cl.Cl. The summed E-state index contributed by atoms with van der Waals surface area (Å²) in [6.45, 7) is 8.39. The van der Waals surface area contributed by atoms with Crippen LogP contribution >= 0.6 is 24.8 Å². The summed E-state index contributed by atoms with van der Waals surface area (Å²) in [6, 6.07) is 2.85. The van der Waals surface area contributed by atoms with Gasteiger partial charge in [-0.15, -0.1) is 24.8 Å². The number of hydrogen-bond acceptors (Lipinski definition) is 4. The van der Waals surface area contributed by atoms with Crippen molar-refractivity contribution < 1.29 is 4.79 Å². The molecule has 2 aliphatic heterocycles. The summed E-state index contributed by atoms with van der Waals surface area (Å²) in [5, 5.41) is 7.80. The van der Waals surface area contributed by atoms with E-state index in [-0.39, 0.29) is 30.7 Å². The minimum Gasteiger partial charge on any atom is -0.341 e. The van der Waals surface area contributed by atoms with Crippen LogP contribution in [0, 0.1) is 0 Å². The van der Waals surface area contributed by atoms with Gasteiger partial charge in [0.05, 0.1) is 0 Å². The van der Waals surface area contributed by atoms with Gasteiger partial charge in [-0.05, 0) is 58.7 Å². The summed E-state index contributed by atoms with van der Waals surface area (Å²) >= 11 is 0. The largest absolute Gasteiger partial charge is 0.341 e. The van der Waals surface area contributed by atoms with E-state index in [4.69, 9.17) is 0 Å². The normalized spacial score (nSPS) is 20.9. The van der Waals surface area contributed by atoms with Crippen LogP contribution in [-0.4, -0.2) is 70.8 Å². The summed E-state index contributed by atoms with van der Waals surface area (Å²) in [6.07, 6.45) is 7.46. The van der Waals surface area contributed by atoms with Gasteiger partial charge >= 0.3 is 0 Å². The highest BCUT2D eigenvalue weighted by Gasteiger charge is 2.45. The van der Waals surface area contributed by atoms with Gasteiger partial charge in [0.15, 0.2) is 0 Å². The minimum atomic E-state index is -0.515. The average molecular weight is 406 g/mol. The summed E-state index contributed by atoms with van der Waals surface area (Å²) in [7, 11) is 1.99. The van der Waals surface area contributed by atoms with Crippen molar-refractivity contribution in [3.05, 3.63) is 18.5 Å². The Bertz CT molecular complexity index is 538. The lowest BCUT2D eigenvalue weighted by atomic mass is 9.86. The Morgan fingerprint density at radius 3 is 2.35 bits per heavy atom. The lowest BCUT2D eigenvalue weighted by molar-refractivity contribution is -0.145. The van der Waals surface area contributed by atoms with Gasteiger partial charge < -0.3 is 15.1 Å². The van der Waals surface area contributed by atoms with E-state index in [0.29, 0.717) is 12.1 Å². The van der Waals surface area contributed by atoms with Gasteiger partial charge in [0.2, 0.25) is 0 Å². The maximum absolute atomic E-state index is 13.5. The van der Waals surface area contributed by atoms with Crippen LogP contribution in [0.2, 0.25) is 0 Å². The Balaban J connectivity index is 0.00000169. The summed E-state index contributed by atoms with van der Waals surface area (Å²) in [5.41, 5.74) is -0.515. The number of nitrogens with zero attached hydrogens (tertiary/aromatic N) is 4. The topological polar surface area (TPSA) is 53.4 Å². The predicted molar refractivity (Wildman–Crippen MR) is 109 cm³/mol. The van der Waals surface area contributed by atoms with Crippen LogP contribution in [0.4, 0.5) is 0 Å². The molecule has 6 nitrogen and oxygen atoms in total. The molecule has 3 heterocycles. The second-order valence-corrected chi connectivity index (χ2v) is 7.51. The smallest absolute Gasteiger partial charge is 0.250 e. The first kappa shape index (κ1) is 23.2. The van der Waals surface area contributed by atoms with Crippen LogP contribution in [-0.2, 0) is 10.3 Å². The number of amides is 1. The maximum Gasteiger partial charge on any atom is 0.250 e. The van der Waals surface area contributed by atoms with E-state index in [1.165, 1.54) is 0 Å². The fourth-order valence-corrected chi connectivity index (χ4v) is 4.19. The molecule has 1 amide bonds. The quantitative estimate of drug-likeness (QED) is 0.833. The van der Waals surface area contributed by atoms with E-state index in [1.54, 1.807) is 6.20 Å². The van der Waals surface area contributed by atoms with E-state index in [0.717, 1.165) is 51.9 Å². The third-order valence-corrected chi connectivity index (χ3v) is 5.87. The van der Waals surface area contributed by atoms with Gasteiger partial charge in [-0.3, -0.25) is 9.48 Å². The van der Waals surface area contributed by atoms with E-state index in [9.17, 15) is 4.79 Å². The van der Waals surface area contributed by atoms with E-state index in [2.05, 4.69) is 29.2 Å². The van der Waals surface area contributed by atoms with Crippen LogP contribution < -0.4 is 5.32 Å². The average Bonchev–Trinajstić information content (AvgIpc) is 3.16. The summed E-state index contributed by atoms with van der Waals surface area (Å²) in [5.74, 6) is 0.232. The number of piperidine rings is 2. The fraction of sp³-hybridized carbons (Fsp3) is 0.778. The molecule has 0 radical (unpaired) electrons. The minimum absolute atomic E-state index is 0. The van der Waals surface area contributed by atoms with E-state index in [1.807, 2.05) is 28.9 Å². The number of likely N-dealkylation sites (tertiary alicyclic amines) is 1. The molecule has 1 aromatic rings. The molecule has 2 saturated heterocycles. The Labute approximate surface area is 169 Å². The van der Waals surface area contributed by atoms with Gasteiger partial charge in [-0.25, -0.2) is 0 Å². The highest BCUT2D eigenvalue weighted by molar-refractivity contribution is 5.86. The molecule has 3 rings (SSSR count). The predicted octanol–water partition coefficient (Wildman–Crippen LogP) is 2.14. The number of likely N-dealkylation sites (N-methyl/N-ethyl adjacent to an activating group) is 1. The van der Waals surface area contributed by atoms with Crippen LogP contribution in [0.5, 0.6) is 0 Å². The molecule has 1 aromatic heterocycles. The first-order valence-electron chi connectivity index (χ1n) is 9.27. The van der Waals surface area contributed by atoms with Crippen molar-refractivity contribution in [2.24, 2.45) is 0 Å². The molecule has 2 aliphatic rings. The van der Waals surface area contributed by atoms with Crippen LogP contribution in [0.1, 0.15) is 39.5 Å². The molecule has 0 aromatic carbocycles. The van der Waals surface area contributed by atoms with Gasteiger partial charge in [-0.1, -0.05) is 0 Å². The monoisotopic (exact) mass is 405 g/mol. The number of nitrogens with one attached hydrogen (secondary N) is 1. The molecule has 0 bridgehead atoms. The molecular weight excluding hydrogens is 373 g/mol. The van der Waals surface area contributed by atoms with E-state index < -0.39 is 5.54 Å². The van der Waals surface area contributed by atoms with Crippen molar-refractivity contribution in [3.8, 4) is 0 Å². The highest BCUT2D eigenvalue weighted by Crippen LogP contribution is 2.31. The van der Waals surface area contributed by atoms with Gasteiger partial charge in [0.1, 0.15) is 5.54 Å². The van der Waals surface area contributed by atoms with Gasteiger partial charge in [0, 0.05) is 44.6 Å². The van der Waals surface area contributed by atoms with Gasteiger partial charge in [-0.2, -0.15) is 5.10 Å². The zero-order valence-corrected chi connectivity index (χ0v) is 17.7. The third-order valence-electron chi connectivity index (χ3n) is 5.87. The lowest BCUT2D eigenvalue weighted by Gasteiger charge is -2.44. The third kappa shape index (κ3) is 4.53. The number of aromatic nitrogens is 2. The Kier molecular flexibility index (Phi) is 8.86. The molecule has 8 heteroatoms. The Morgan fingerprint density at radius 1 is 1.23 bits per heavy atom. The van der Waals surface area contributed by atoms with E-state index >= 15 is 0 Å². The number of hydrogen-bond donors (Lipinski definition) is 1. The van der Waals surface area contributed by atoms with Crippen molar-refractivity contribution >= 4 is 30.7 Å². The molecule has 150 valence electrons. The molecule has 0 spiro atoms. The van der Waals surface area contributed by atoms with Crippen molar-refractivity contribution in [2.45, 2.75) is 57.2 Å². The zero-order valence-electron chi connectivity index (χ0n) is 16.1. The van der Waals surface area contributed by atoms with Crippen LogP contribution in [0.15, 0.2) is 18.5 Å². The molecule has 0 saturated carbocycles. The molecule has 1 N–H and O–H groups in total. The molecule has 0 atom stereocenters. The summed E-state index contributed by atoms with van der Waals surface area (Å²) in [4.78, 5) is 18.0. The first-order chi connectivity index (χ1) is 11.5. The first-order valence-corrected chi connectivity index (χ1v) is 9.27. The van der Waals surface area contributed by atoms with Crippen molar-refractivity contribution in [1.82, 2.24) is 24.9 Å². The Morgan fingerprint density at radius 2 is 1.85 bits per heavy atom. The van der Waals surface area contributed by atoms with Crippen molar-refractivity contribution in [3.63, 3.8) is 0 Å². The lowest BCUT2D eigenvalue weighted by Crippen LogP contribution is -2.58. The zero-order chi connectivity index (χ0) is 17.2. The van der Waals surface area contributed by atoms with Gasteiger partial charge in [0.25, 0.3) is 5.91 Å². The van der Waals surface area contributed by atoms with Crippen molar-refractivity contribution in [1.29, 1.82) is 0 Å². The standard InChI is InChI=1S/C18H31N5O.2ClH/c1-15(2)22-13-5-16(6-14-22)21(3)17(24)18(7-10-19-11-8-18)23-12-4-9-20-23;;/h4,9,12,15-16,19H,5-8,10-11,13-14H2,1-3H3;2*1H. The molecule has 2 fully saturated rings. The number of carbonyl (C=O) groups is 1. The second-order valence-electron chi connectivity index (χ2n) is 7.51. The molecule has 0 aliphatic carbocycles. The number of rotatable bonds is 4. The number of halogens is 2. The van der Waals surface area contributed by atoms with Crippen LogP contribution in [0.25, 0.3) is 0 Å².